The van der Waals surface area contributed by atoms with Gasteiger partial charge in [-0.3, -0.25) is 4.72 Å². The van der Waals surface area contributed by atoms with Gasteiger partial charge in [-0.15, -0.1) is 0 Å². The van der Waals surface area contributed by atoms with Gasteiger partial charge in [-0.1, -0.05) is 18.2 Å². The molecular weight excluding hydrogens is 288 g/mol. The normalized spacial score (nSPS) is 11.3. The Hall–Kier alpha value is -2.15. The van der Waals surface area contributed by atoms with Crippen molar-refractivity contribution in [1.82, 2.24) is 0 Å². The molecule has 2 rings (SSSR count). The van der Waals surface area contributed by atoms with Gasteiger partial charge in [-0.25, -0.2) is 17.2 Å². The Kier molecular flexibility index (Phi) is 3.63. The highest BCUT2D eigenvalue weighted by molar-refractivity contribution is 7.92. The van der Waals surface area contributed by atoms with Crippen molar-refractivity contribution in [2.75, 3.05) is 4.72 Å². The first-order chi connectivity index (χ1) is 9.33. The molecule has 106 valence electrons. The van der Waals surface area contributed by atoms with Crippen LogP contribution in [0.5, 0.6) is 5.75 Å². The van der Waals surface area contributed by atoms with Crippen molar-refractivity contribution < 1.29 is 22.3 Å². The largest absolute Gasteiger partial charge is 0.507 e. The predicted molar refractivity (Wildman–Crippen MR) is 70.0 cm³/mol. The maximum atomic E-state index is 13.8. The summed E-state index contributed by atoms with van der Waals surface area (Å²) >= 11 is 0. The van der Waals surface area contributed by atoms with Crippen molar-refractivity contribution in [2.24, 2.45) is 0 Å². The van der Waals surface area contributed by atoms with Crippen LogP contribution in [0.4, 0.5) is 14.5 Å². The summed E-state index contributed by atoms with van der Waals surface area (Å²) in [6.45, 7) is 1.38. The fourth-order valence-electron chi connectivity index (χ4n) is 1.62. The first-order valence-electron chi connectivity index (χ1n) is 5.58. The molecule has 20 heavy (non-hydrogen) atoms. The molecule has 0 aliphatic heterocycles. The minimum Gasteiger partial charge on any atom is -0.507 e. The SMILES string of the molecule is Cc1ccc(F)c(NS(=O)(=O)c2ccccc2O)c1F. The molecule has 2 aromatic rings. The van der Waals surface area contributed by atoms with Gasteiger partial charge in [0.15, 0.2) is 5.82 Å². The van der Waals surface area contributed by atoms with Crippen LogP contribution in [0.3, 0.4) is 0 Å². The second-order valence-corrected chi connectivity index (χ2v) is 5.78. The number of rotatable bonds is 3. The zero-order valence-electron chi connectivity index (χ0n) is 10.4. The van der Waals surface area contributed by atoms with E-state index in [1.165, 1.54) is 25.1 Å². The molecule has 0 unspecified atom stereocenters. The standard InChI is InChI=1S/C13H11F2NO3S/c1-8-6-7-9(14)13(12(8)15)16-20(18,19)11-5-3-2-4-10(11)17/h2-7,16-17H,1H3. The topological polar surface area (TPSA) is 66.4 Å². The molecule has 0 atom stereocenters. The first kappa shape index (κ1) is 14.3. The number of para-hydroxylation sites is 1. The Bertz CT molecular complexity index is 760. The van der Waals surface area contributed by atoms with Crippen molar-refractivity contribution in [3.8, 4) is 5.75 Å². The van der Waals surface area contributed by atoms with Gasteiger partial charge in [0, 0.05) is 0 Å². The highest BCUT2D eigenvalue weighted by atomic mass is 32.2. The molecule has 2 N–H and O–H groups in total. The van der Waals surface area contributed by atoms with Crippen molar-refractivity contribution in [2.45, 2.75) is 11.8 Å². The third-order valence-corrected chi connectivity index (χ3v) is 4.07. The van der Waals surface area contributed by atoms with Crippen LogP contribution in [-0.4, -0.2) is 13.5 Å². The van der Waals surface area contributed by atoms with E-state index in [-0.39, 0.29) is 5.56 Å². The zero-order valence-corrected chi connectivity index (χ0v) is 11.2. The Morgan fingerprint density at radius 2 is 1.75 bits per heavy atom. The number of phenols is 1. The number of aryl methyl sites for hydroxylation is 1. The molecule has 0 saturated heterocycles. The lowest BCUT2D eigenvalue weighted by atomic mass is 10.2. The molecular formula is C13H11F2NO3S. The van der Waals surface area contributed by atoms with Gasteiger partial charge < -0.3 is 5.11 Å². The summed E-state index contributed by atoms with van der Waals surface area (Å²) < 4.78 is 53.2. The molecule has 4 nitrogen and oxygen atoms in total. The summed E-state index contributed by atoms with van der Waals surface area (Å²) in [6.07, 6.45) is 0. The number of hydrogen-bond acceptors (Lipinski definition) is 3. The predicted octanol–water partition coefficient (Wildman–Crippen LogP) is 2.78. The van der Waals surface area contributed by atoms with Crippen LogP contribution in [0.15, 0.2) is 41.3 Å². The maximum Gasteiger partial charge on any atom is 0.265 e. The summed E-state index contributed by atoms with van der Waals surface area (Å²) in [5.74, 6) is -2.54. The number of aromatic hydroxyl groups is 1. The summed E-state index contributed by atoms with van der Waals surface area (Å²) in [5.41, 5.74) is -0.672. The number of sulfonamides is 1. The van der Waals surface area contributed by atoms with Gasteiger partial charge >= 0.3 is 0 Å². The van der Waals surface area contributed by atoms with E-state index in [9.17, 15) is 22.3 Å². The summed E-state index contributed by atoms with van der Waals surface area (Å²) in [7, 11) is -4.29. The summed E-state index contributed by atoms with van der Waals surface area (Å²) in [4.78, 5) is -0.458. The van der Waals surface area contributed by atoms with Crippen LogP contribution < -0.4 is 4.72 Å². The second kappa shape index (κ2) is 5.09. The lowest BCUT2D eigenvalue weighted by Crippen LogP contribution is -2.15. The van der Waals surface area contributed by atoms with E-state index in [0.717, 1.165) is 18.2 Å². The quantitative estimate of drug-likeness (QED) is 0.916. The van der Waals surface area contributed by atoms with E-state index < -0.39 is 38.0 Å². The van der Waals surface area contributed by atoms with Crippen molar-refractivity contribution in [3.63, 3.8) is 0 Å². The van der Waals surface area contributed by atoms with Gasteiger partial charge in [0.05, 0.1) is 0 Å². The molecule has 2 aromatic carbocycles. The van der Waals surface area contributed by atoms with Gasteiger partial charge in [-0.05, 0) is 30.7 Å². The van der Waals surface area contributed by atoms with Gasteiger partial charge in [0.1, 0.15) is 22.1 Å². The Morgan fingerprint density at radius 1 is 1.10 bits per heavy atom. The van der Waals surface area contributed by atoms with Crippen LogP contribution in [0, 0.1) is 18.6 Å². The highest BCUT2D eigenvalue weighted by Gasteiger charge is 2.22. The monoisotopic (exact) mass is 299 g/mol. The molecule has 0 fully saturated rings. The molecule has 0 amide bonds. The van der Waals surface area contributed by atoms with E-state index in [2.05, 4.69) is 0 Å². The molecule has 7 heteroatoms. The highest BCUT2D eigenvalue weighted by Crippen LogP contribution is 2.27. The fourth-order valence-corrected chi connectivity index (χ4v) is 2.79. The van der Waals surface area contributed by atoms with E-state index in [0.29, 0.717) is 0 Å². The maximum absolute atomic E-state index is 13.8. The molecule has 0 heterocycles. The molecule has 0 radical (unpaired) electrons. The number of anilines is 1. The lowest BCUT2D eigenvalue weighted by Gasteiger charge is -2.11. The van der Waals surface area contributed by atoms with Crippen molar-refractivity contribution >= 4 is 15.7 Å². The molecule has 0 aliphatic rings. The second-order valence-electron chi connectivity index (χ2n) is 4.13. The van der Waals surface area contributed by atoms with Crippen LogP contribution in [0.2, 0.25) is 0 Å². The molecule has 0 saturated carbocycles. The lowest BCUT2D eigenvalue weighted by molar-refractivity contribution is 0.459. The number of halogens is 2. The number of hydrogen-bond donors (Lipinski definition) is 2. The van der Waals surface area contributed by atoms with E-state index in [1.54, 1.807) is 0 Å². The van der Waals surface area contributed by atoms with Crippen LogP contribution >= 0.6 is 0 Å². The van der Waals surface area contributed by atoms with Crippen LogP contribution in [0.25, 0.3) is 0 Å². The smallest absolute Gasteiger partial charge is 0.265 e. The summed E-state index contributed by atoms with van der Waals surface area (Å²) in [5, 5.41) is 9.51. The third kappa shape index (κ3) is 2.57. The zero-order chi connectivity index (χ0) is 14.9. The molecule has 0 aromatic heterocycles. The average molecular weight is 299 g/mol. The molecule has 0 spiro atoms. The van der Waals surface area contributed by atoms with Gasteiger partial charge in [0.25, 0.3) is 10.0 Å². The van der Waals surface area contributed by atoms with E-state index in [1.807, 2.05) is 4.72 Å². The van der Waals surface area contributed by atoms with E-state index >= 15 is 0 Å². The van der Waals surface area contributed by atoms with E-state index in [4.69, 9.17) is 0 Å². The van der Waals surface area contributed by atoms with Crippen LogP contribution in [-0.2, 0) is 10.0 Å². The van der Waals surface area contributed by atoms with Gasteiger partial charge in [-0.2, -0.15) is 0 Å². The van der Waals surface area contributed by atoms with Gasteiger partial charge in [0.2, 0.25) is 0 Å². The van der Waals surface area contributed by atoms with Crippen molar-refractivity contribution in [1.29, 1.82) is 0 Å². The summed E-state index contributed by atoms with van der Waals surface area (Å²) in [6, 6.07) is 7.27. The molecule has 0 bridgehead atoms. The van der Waals surface area contributed by atoms with Crippen molar-refractivity contribution in [3.05, 3.63) is 53.6 Å². The minimum absolute atomic E-state index is 0.0985. The van der Waals surface area contributed by atoms with Crippen LogP contribution in [0.1, 0.15) is 5.56 Å². The Labute approximate surface area is 114 Å². The average Bonchev–Trinajstić information content (AvgIpc) is 2.39. The number of benzene rings is 2. The number of phenolic OH excluding ortho intramolecular Hbond substituents is 1. The minimum atomic E-state index is -4.29. The molecule has 0 aliphatic carbocycles. The number of nitrogens with one attached hydrogen (secondary N) is 1. The third-order valence-electron chi connectivity index (χ3n) is 2.68. The Morgan fingerprint density at radius 3 is 2.40 bits per heavy atom. The Balaban J connectivity index is 2.50. The fraction of sp³-hybridized carbons (Fsp3) is 0.0769. The first-order valence-corrected chi connectivity index (χ1v) is 7.06.